The number of hydrogen-bond donors (Lipinski definition) is 1. The van der Waals surface area contributed by atoms with Crippen LogP contribution in [-0.2, 0) is 10.3 Å². The highest BCUT2D eigenvalue weighted by Gasteiger charge is 2.27. The number of anilines is 1. The van der Waals surface area contributed by atoms with Gasteiger partial charge in [0.2, 0.25) is 0 Å². The largest absolute Gasteiger partial charge is 0.383 e. The fourth-order valence-electron chi connectivity index (χ4n) is 1.03. The molecule has 78 valence electrons. The molecule has 0 aliphatic rings. The first kappa shape index (κ1) is 11.6. The molecule has 1 atom stereocenters. The highest BCUT2D eigenvalue weighted by atomic mass is 127. The summed E-state index contributed by atoms with van der Waals surface area (Å²) in [5.41, 5.74) is 5.27. The number of rotatable bonds is 3. The Bertz CT molecular complexity index is 326. The van der Waals surface area contributed by atoms with Crippen molar-refractivity contribution < 1.29 is 4.74 Å². The quantitative estimate of drug-likeness (QED) is 0.867. The van der Waals surface area contributed by atoms with Crippen LogP contribution in [0.4, 0.5) is 5.82 Å². The van der Waals surface area contributed by atoms with E-state index >= 15 is 0 Å². The second-order valence-corrected chi connectivity index (χ2v) is 4.38. The Hall–Kier alpha value is -0.430. The highest BCUT2D eigenvalue weighted by Crippen LogP contribution is 2.26. The lowest BCUT2D eigenvalue weighted by Crippen LogP contribution is -2.26. The smallest absolute Gasteiger partial charge is 0.162 e. The minimum absolute atomic E-state index is 0.446. The lowest BCUT2D eigenvalue weighted by molar-refractivity contribution is -0.00889. The summed E-state index contributed by atoms with van der Waals surface area (Å²) in [5.74, 6) is 1.15. The summed E-state index contributed by atoms with van der Waals surface area (Å²) in [6, 6.07) is 0. The number of nitrogen functional groups attached to an aromatic ring is 1. The van der Waals surface area contributed by atoms with Crippen molar-refractivity contribution in [3.63, 3.8) is 0 Å². The first-order valence-corrected chi connectivity index (χ1v) is 5.45. The Morgan fingerprint density at radius 3 is 2.71 bits per heavy atom. The molecule has 0 saturated heterocycles. The van der Waals surface area contributed by atoms with Crippen molar-refractivity contribution in [2.45, 2.75) is 25.9 Å². The van der Waals surface area contributed by atoms with Gasteiger partial charge in [-0.2, -0.15) is 0 Å². The zero-order chi connectivity index (χ0) is 10.8. The van der Waals surface area contributed by atoms with Gasteiger partial charge in [0.25, 0.3) is 0 Å². The van der Waals surface area contributed by atoms with E-state index in [1.165, 1.54) is 0 Å². The van der Waals surface area contributed by atoms with Crippen LogP contribution in [0, 0.1) is 3.57 Å². The number of nitrogens with zero attached hydrogens (tertiary/aromatic N) is 2. The molecule has 4 nitrogen and oxygen atoms in total. The third-order valence-electron chi connectivity index (χ3n) is 2.37. The number of aromatic nitrogens is 2. The summed E-state index contributed by atoms with van der Waals surface area (Å²) >= 11 is 2.10. The Morgan fingerprint density at radius 1 is 1.64 bits per heavy atom. The highest BCUT2D eigenvalue weighted by molar-refractivity contribution is 14.1. The SMILES string of the molecule is CCC(C)(OC)c1ncc(I)c(N)n1. The van der Waals surface area contributed by atoms with Crippen molar-refractivity contribution in [1.29, 1.82) is 0 Å². The summed E-state index contributed by atoms with van der Waals surface area (Å²) in [4.78, 5) is 8.45. The number of hydrogen-bond acceptors (Lipinski definition) is 4. The molecule has 1 aromatic heterocycles. The van der Waals surface area contributed by atoms with Crippen molar-refractivity contribution in [3.8, 4) is 0 Å². The fourth-order valence-corrected chi connectivity index (χ4v) is 1.29. The van der Waals surface area contributed by atoms with Crippen LogP contribution in [0.15, 0.2) is 6.20 Å². The first-order chi connectivity index (χ1) is 6.53. The van der Waals surface area contributed by atoms with Crippen molar-refractivity contribution in [2.75, 3.05) is 12.8 Å². The minimum atomic E-state index is -0.446. The van der Waals surface area contributed by atoms with E-state index in [0.29, 0.717) is 11.6 Å². The zero-order valence-electron chi connectivity index (χ0n) is 8.54. The second-order valence-electron chi connectivity index (χ2n) is 3.22. The molecule has 0 fully saturated rings. The summed E-state index contributed by atoms with van der Waals surface area (Å²) in [6.45, 7) is 3.98. The Morgan fingerprint density at radius 2 is 2.29 bits per heavy atom. The third-order valence-corrected chi connectivity index (χ3v) is 3.20. The van der Waals surface area contributed by atoms with Crippen molar-refractivity contribution in [3.05, 3.63) is 15.6 Å². The van der Waals surface area contributed by atoms with Gasteiger partial charge in [-0.25, -0.2) is 9.97 Å². The van der Waals surface area contributed by atoms with Gasteiger partial charge in [-0.1, -0.05) is 6.92 Å². The van der Waals surface area contributed by atoms with Crippen LogP contribution in [0.1, 0.15) is 26.1 Å². The average Bonchev–Trinajstić information content (AvgIpc) is 2.21. The molecule has 1 unspecified atom stereocenters. The lowest BCUT2D eigenvalue weighted by Gasteiger charge is -2.24. The van der Waals surface area contributed by atoms with Crippen LogP contribution in [0.2, 0.25) is 0 Å². The molecule has 0 aliphatic carbocycles. The molecular weight excluding hydrogens is 293 g/mol. The van der Waals surface area contributed by atoms with Crippen LogP contribution in [0.3, 0.4) is 0 Å². The Kier molecular flexibility index (Phi) is 3.65. The van der Waals surface area contributed by atoms with Crippen LogP contribution >= 0.6 is 22.6 Å². The molecule has 1 aromatic rings. The van der Waals surface area contributed by atoms with Crippen LogP contribution in [0.5, 0.6) is 0 Å². The molecule has 0 saturated carbocycles. The lowest BCUT2D eigenvalue weighted by atomic mass is 10.0. The topological polar surface area (TPSA) is 61.0 Å². The molecule has 0 amide bonds. The zero-order valence-corrected chi connectivity index (χ0v) is 10.7. The van der Waals surface area contributed by atoms with Gasteiger partial charge in [0.1, 0.15) is 11.4 Å². The molecule has 1 heterocycles. The third kappa shape index (κ3) is 2.14. The number of nitrogens with two attached hydrogens (primary N) is 1. The average molecular weight is 307 g/mol. The van der Waals surface area contributed by atoms with Gasteiger partial charge in [-0.3, -0.25) is 0 Å². The summed E-state index contributed by atoms with van der Waals surface area (Å²) in [7, 11) is 1.65. The molecule has 0 spiro atoms. The monoisotopic (exact) mass is 307 g/mol. The van der Waals surface area contributed by atoms with E-state index in [9.17, 15) is 0 Å². The number of halogens is 1. The molecule has 1 rings (SSSR count). The van der Waals surface area contributed by atoms with Gasteiger partial charge in [0.05, 0.1) is 3.57 Å². The van der Waals surface area contributed by atoms with E-state index in [-0.39, 0.29) is 0 Å². The van der Waals surface area contributed by atoms with E-state index in [1.54, 1.807) is 13.3 Å². The molecule has 0 aromatic carbocycles. The van der Waals surface area contributed by atoms with Crippen LogP contribution in [-0.4, -0.2) is 17.1 Å². The standard InChI is InChI=1S/C9H14IN3O/c1-4-9(2,14-3)8-12-5-6(10)7(11)13-8/h5H,4H2,1-3H3,(H2,11,12,13). The predicted molar refractivity (Wildman–Crippen MR) is 63.8 cm³/mol. The van der Waals surface area contributed by atoms with E-state index in [2.05, 4.69) is 32.6 Å². The van der Waals surface area contributed by atoms with Gasteiger partial charge in [-0.05, 0) is 35.9 Å². The van der Waals surface area contributed by atoms with Crippen molar-refractivity contribution in [1.82, 2.24) is 9.97 Å². The van der Waals surface area contributed by atoms with E-state index in [4.69, 9.17) is 10.5 Å². The molecule has 5 heteroatoms. The van der Waals surface area contributed by atoms with Gasteiger partial charge >= 0.3 is 0 Å². The molecular formula is C9H14IN3O. The van der Waals surface area contributed by atoms with Crippen molar-refractivity contribution in [2.24, 2.45) is 0 Å². The summed E-state index contributed by atoms with van der Waals surface area (Å²) in [6.07, 6.45) is 2.52. The van der Waals surface area contributed by atoms with Gasteiger partial charge in [-0.15, -0.1) is 0 Å². The van der Waals surface area contributed by atoms with Crippen LogP contribution < -0.4 is 5.73 Å². The second kappa shape index (κ2) is 4.39. The number of ether oxygens (including phenoxy) is 1. The van der Waals surface area contributed by atoms with E-state index in [0.717, 1.165) is 9.99 Å². The maximum absolute atomic E-state index is 5.71. The van der Waals surface area contributed by atoms with E-state index in [1.807, 2.05) is 13.8 Å². The molecule has 2 N–H and O–H groups in total. The maximum atomic E-state index is 5.71. The van der Waals surface area contributed by atoms with Crippen LogP contribution in [0.25, 0.3) is 0 Å². The van der Waals surface area contributed by atoms with Gasteiger partial charge < -0.3 is 10.5 Å². The first-order valence-electron chi connectivity index (χ1n) is 4.37. The molecule has 14 heavy (non-hydrogen) atoms. The fraction of sp³-hybridized carbons (Fsp3) is 0.556. The Balaban J connectivity index is 3.12. The number of methoxy groups -OCH3 is 1. The Labute approximate surface area is 97.4 Å². The van der Waals surface area contributed by atoms with Gasteiger partial charge in [0, 0.05) is 13.3 Å². The normalized spacial score (nSPS) is 15.1. The van der Waals surface area contributed by atoms with Crippen molar-refractivity contribution >= 4 is 28.4 Å². The predicted octanol–water partition coefficient (Wildman–Crippen LogP) is 1.93. The van der Waals surface area contributed by atoms with Gasteiger partial charge in [0.15, 0.2) is 5.82 Å². The maximum Gasteiger partial charge on any atom is 0.162 e. The van der Waals surface area contributed by atoms with E-state index < -0.39 is 5.60 Å². The minimum Gasteiger partial charge on any atom is -0.383 e. The molecule has 0 aliphatic heterocycles. The molecule has 0 radical (unpaired) electrons. The summed E-state index contributed by atoms with van der Waals surface area (Å²) in [5, 5.41) is 0. The summed E-state index contributed by atoms with van der Waals surface area (Å²) < 4.78 is 6.25. The molecule has 0 bridgehead atoms.